The van der Waals surface area contributed by atoms with Crippen molar-refractivity contribution in [1.29, 1.82) is 0 Å². The van der Waals surface area contributed by atoms with E-state index in [2.05, 4.69) is 5.10 Å². The first kappa shape index (κ1) is 13.6. The first-order valence-corrected chi connectivity index (χ1v) is 6.81. The van der Waals surface area contributed by atoms with E-state index < -0.39 is 5.82 Å². The van der Waals surface area contributed by atoms with Crippen molar-refractivity contribution in [2.75, 3.05) is 5.73 Å². The highest BCUT2D eigenvalue weighted by Crippen LogP contribution is 2.28. The second-order valence-corrected chi connectivity index (χ2v) is 5.21. The maximum absolute atomic E-state index is 14.0. The molecule has 3 nitrogen and oxygen atoms in total. The average molecular weight is 302 g/mol. The van der Waals surface area contributed by atoms with Crippen molar-refractivity contribution in [2.45, 2.75) is 6.92 Å². The summed E-state index contributed by atoms with van der Waals surface area (Å²) in [5.74, 6) is -0.134. The van der Waals surface area contributed by atoms with Crippen LogP contribution in [0.25, 0.3) is 16.9 Å². The first-order chi connectivity index (χ1) is 10.1. The Balaban J connectivity index is 2.12. The zero-order valence-corrected chi connectivity index (χ0v) is 12.1. The third-order valence-electron chi connectivity index (χ3n) is 3.23. The van der Waals surface area contributed by atoms with Gasteiger partial charge in [0.05, 0.1) is 10.7 Å². The van der Waals surface area contributed by atoms with Crippen molar-refractivity contribution in [2.24, 2.45) is 0 Å². The van der Waals surface area contributed by atoms with Crippen molar-refractivity contribution in [3.05, 3.63) is 64.9 Å². The van der Waals surface area contributed by atoms with E-state index in [1.165, 1.54) is 10.7 Å². The molecule has 0 fully saturated rings. The summed E-state index contributed by atoms with van der Waals surface area (Å²) in [4.78, 5) is 0. The molecule has 0 aliphatic rings. The second-order valence-electron chi connectivity index (χ2n) is 4.80. The predicted molar refractivity (Wildman–Crippen MR) is 83.1 cm³/mol. The highest BCUT2D eigenvalue weighted by molar-refractivity contribution is 6.32. The number of hydrogen-bond donors (Lipinski definition) is 1. The molecule has 0 unspecified atom stereocenters. The van der Waals surface area contributed by atoms with Crippen LogP contribution in [-0.4, -0.2) is 9.78 Å². The van der Waals surface area contributed by atoms with Crippen LogP contribution in [0.3, 0.4) is 0 Å². The third-order valence-corrected chi connectivity index (χ3v) is 3.54. The number of halogens is 2. The number of hydrogen-bond acceptors (Lipinski definition) is 2. The fraction of sp³-hybridized carbons (Fsp3) is 0.0625. The van der Waals surface area contributed by atoms with Crippen LogP contribution in [0.15, 0.2) is 48.5 Å². The van der Waals surface area contributed by atoms with Gasteiger partial charge in [0.15, 0.2) is 0 Å². The number of rotatable bonds is 2. The monoisotopic (exact) mass is 301 g/mol. The summed E-state index contributed by atoms with van der Waals surface area (Å²) in [5, 5.41) is 4.63. The maximum Gasteiger partial charge on any atom is 0.150 e. The van der Waals surface area contributed by atoms with E-state index in [0.717, 1.165) is 11.1 Å². The molecule has 21 heavy (non-hydrogen) atoms. The number of nitrogens with two attached hydrogens (primary N) is 1. The smallest absolute Gasteiger partial charge is 0.150 e. The molecule has 1 heterocycles. The van der Waals surface area contributed by atoms with E-state index in [-0.39, 0.29) is 10.7 Å². The van der Waals surface area contributed by atoms with Crippen molar-refractivity contribution in [1.82, 2.24) is 9.78 Å². The fourth-order valence-corrected chi connectivity index (χ4v) is 2.37. The number of aromatic nitrogens is 2. The lowest BCUT2D eigenvalue weighted by atomic mass is 10.1. The lowest BCUT2D eigenvalue weighted by molar-refractivity contribution is 0.612. The molecule has 0 atom stereocenters. The van der Waals surface area contributed by atoms with Crippen molar-refractivity contribution in [3.63, 3.8) is 0 Å². The van der Waals surface area contributed by atoms with Crippen LogP contribution in [-0.2, 0) is 0 Å². The zero-order valence-electron chi connectivity index (χ0n) is 11.3. The van der Waals surface area contributed by atoms with Gasteiger partial charge in [-0.15, -0.1) is 0 Å². The van der Waals surface area contributed by atoms with Gasteiger partial charge in [0.1, 0.15) is 17.3 Å². The van der Waals surface area contributed by atoms with Crippen LogP contribution < -0.4 is 5.73 Å². The molecule has 3 aromatic rings. The van der Waals surface area contributed by atoms with E-state index in [9.17, 15) is 4.39 Å². The molecule has 0 amide bonds. The summed E-state index contributed by atoms with van der Waals surface area (Å²) >= 11 is 6.06. The first-order valence-electron chi connectivity index (χ1n) is 6.43. The maximum atomic E-state index is 14.0. The van der Waals surface area contributed by atoms with Crippen LogP contribution in [0.2, 0.25) is 5.02 Å². The molecule has 0 bridgehead atoms. The van der Waals surface area contributed by atoms with Gasteiger partial charge in [-0.3, -0.25) is 0 Å². The highest BCUT2D eigenvalue weighted by atomic mass is 35.5. The Kier molecular flexibility index (Phi) is 3.39. The SMILES string of the molecule is Cc1ccc(-c2cc(N)n(-c3c(F)cccc3Cl)n2)cc1. The Labute approximate surface area is 126 Å². The van der Waals surface area contributed by atoms with Crippen LogP contribution >= 0.6 is 11.6 Å². The van der Waals surface area contributed by atoms with Gasteiger partial charge < -0.3 is 5.73 Å². The molecule has 0 saturated carbocycles. The lowest BCUT2D eigenvalue weighted by Crippen LogP contribution is -2.04. The van der Waals surface area contributed by atoms with Crippen LogP contribution in [0, 0.1) is 12.7 Å². The van der Waals surface area contributed by atoms with Crippen LogP contribution in [0.5, 0.6) is 0 Å². The van der Waals surface area contributed by atoms with Crippen LogP contribution in [0.1, 0.15) is 5.56 Å². The molecular formula is C16H13ClFN3. The van der Waals surface area contributed by atoms with Gasteiger partial charge in [-0.05, 0) is 19.1 Å². The molecule has 106 valence electrons. The molecule has 1 aromatic heterocycles. The molecule has 0 saturated heterocycles. The Morgan fingerprint density at radius 3 is 2.52 bits per heavy atom. The van der Waals surface area contributed by atoms with Crippen molar-refractivity contribution >= 4 is 17.4 Å². The summed E-state index contributed by atoms with van der Waals surface area (Å²) in [6.07, 6.45) is 0. The average Bonchev–Trinajstić information content (AvgIpc) is 2.81. The molecular weight excluding hydrogens is 289 g/mol. The lowest BCUT2D eigenvalue weighted by Gasteiger charge is -2.07. The Morgan fingerprint density at radius 1 is 1.14 bits per heavy atom. The highest BCUT2D eigenvalue weighted by Gasteiger charge is 2.15. The number of anilines is 1. The molecule has 0 spiro atoms. The van der Waals surface area contributed by atoms with Gasteiger partial charge in [-0.1, -0.05) is 47.5 Å². The van der Waals surface area contributed by atoms with Crippen molar-refractivity contribution in [3.8, 4) is 16.9 Å². The zero-order chi connectivity index (χ0) is 15.0. The second kappa shape index (κ2) is 5.22. The predicted octanol–water partition coefficient (Wildman–Crippen LogP) is 4.22. The van der Waals surface area contributed by atoms with E-state index in [1.807, 2.05) is 31.2 Å². The summed E-state index contributed by atoms with van der Waals surface area (Å²) in [5.41, 5.74) is 8.86. The third kappa shape index (κ3) is 2.50. The normalized spacial score (nSPS) is 10.8. The summed E-state index contributed by atoms with van der Waals surface area (Å²) in [6.45, 7) is 2.01. The summed E-state index contributed by atoms with van der Waals surface area (Å²) < 4.78 is 15.3. The minimum absolute atomic E-state index is 0.162. The van der Waals surface area contributed by atoms with Gasteiger partial charge in [-0.2, -0.15) is 5.10 Å². The minimum Gasteiger partial charge on any atom is -0.384 e. The number of benzene rings is 2. The van der Waals surface area contributed by atoms with Crippen LogP contribution in [0.4, 0.5) is 10.2 Å². The summed E-state index contributed by atoms with van der Waals surface area (Å²) in [7, 11) is 0. The molecule has 0 aliphatic carbocycles. The van der Waals surface area contributed by atoms with E-state index >= 15 is 0 Å². The van der Waals surface area contributed by atoms with E-state index in [0.29, 0.717) is 11.5 Å². The van der Waals surface area contributed by atoms with Crippen molar-refractivity contribution < 1.29 is 4.39 Å². The Hall–Kier alpha value is -2.33. The number of aryl methyl sites for hydroxylation is 1. The standard InChI is InChI=1S/C16H13ClFN3/c1-10-5-7-11(8-6-10)14-9-15(19)21(20-14)16-12(17)3-2-4-13(16)18/h2-9H,19H2,1H3. The molecule has 2 aromatic carbocycles. The van der Waals surface area contributed by atoms with E-state index in [1.54, 1.807) is 18.2 Å². The van der Waals surface area contributed by atoms with E-state index in [4.69, 9.17) is 17.3 Å². The molecule has 3 rings (SSSR count). The summed E-state index contributed by atoms with van der Waals surface area (Å²) in [6, 6.07) is 14.0. The van der Waals surface area contributed by atoms with Gasteiger partial charge in [0.25, 0.3) is 0 Å². The molecule has 0 radical (unpaired) electrons. The number of nitrogen functional groups attached to an aromatic ring is 1. The number of para-hydroxylation sites is 1. The van der Waals surface area contributed by atoms with Gasteiger partial charge in [0.2, 0.25) is 0 Å². The number of nitrogens with zero attached hydrogens (tertiary/aromatic N) is 2. The van der Waals surface area contributed by atoms with Gasteiger partial charge >= 0.3 is 0 Å². The van der Waals surface area contributed by atoms with Gasteiger partial charge in [0, 0.05) is 11.6 Å². The van der Waals surface area contributed by atoms with Gasteiger partial charge in [-0.25, -0.2) is 9.07 Å². The minimum atomic E-state index is -0.465. The molecule has 2 N–H and O–H groups in total. The molecule has 5 heteroatoms. The fourth-order valence-electron chi connectivity index (χ4n) is 2.13. The topological polar surface area (TPSA) is 43.8 Å². The Morgan fingerprint density at radius 2 is 1.86 bits per heavy atom. The Bertz CT molecular complexity index is 774. The quantitative estimate of drug-likeness (QED) is 0.770. The molecule has 0 aliphatic heterocycles. The largest absolute Gasteiger partial charge is 0.384 e.